The number of hydrogen-bond donors (Lipinski definition) is 7. The number of rotatable bonds is 15. The van der Waals surface area contributed by atoms with Crippen molar-refractivity contribution in [3.05, 3.63) is 60.2 Å². The van der Waals surface area contributed by atoms with Crippen molar-refractivity contribution in [1.29, 1.82) is 0 Å². The van der Waals surface area contributed by atoms with Crippen LogP contribution in [0.3, 0.4) is 0 Å². The molecule has 13 nitrogen and oxygen atoms in total. The predicted molar refractivity (Wildman–Crippen MR) is 181 cm³/mol. The van der Waals surface area contributed by atoms with Crippen LogP contribution in [0.5, 0.6) is 0 Å². The summed E-state index contributed by atoms with van der Waals surface area (Å²) < 4.78 is 0. The highest BCUT2D eigenvalue weighted by molar-refractivity contribution is 5.99. The zero-order valence-corrected chi connectivity index (χ0v) is 27.9. The zero-order chi connectivity index (χ0) is 35.9. The number of benzene rings is 2. The fourth-order valence-corrected chi connectivity index (χ4v) is 4.40. The first-order valence-electron chi connectivity index (χ1n) is 15.5. The fourth-order valence-electron chi connectivity index (χ4n) is 4.40. The highest BCUT2D eigenvalue weighted by atomic mass is 16.4. The quantitative estimate of drug-likeness (QED) is 0.140. The van der Waals surface area contributed by atoms with Gasteiger partial charge in [0.25, 0.3) is 0 Å². The number of hydrogen-bond acceptors (Lipinski definition) is 6. The van der Waals surface area contributed by atoms with Crippen LogP contribution >= 0.6 is 0 Å². The number of para-hydroxylation sites is 1. The van der Waals surface area contributed by atoms with Gasteiger partial charge in [0.15, 0.2) is 0 Å². The number of urea groups is 1. The molecule has 0 aliphatic heterocycles. The molecular formula is C35H45N5O8. The Labute approximate surface area is 280 Å². The van der Waals surface area contributed by atoms with E-state index in [4.69, 9.17) is 0 Å². The van der Waals surface area contributed by atoms with Crippen molar-refractivity contribution >= 4 is 47.1 Å². The molecule has 0 heterocycles. The van der Waals surface area contributed by atoms with Gasteiger partial charge in [0, 0.05) is 30.6 Å². The Hall–Kier alpha value is -5.38. The molecule has 3 unspecified atom stereocenters. The van der Waals surface area contributed by atoms with Crippen LogP contribution in [0.2, 0.25) is 0 Å². The molecule has 0 radical (unpaired) electrons. The van der Waals surface area contributed by atoms with E-state index in [0.29, 0.717) is 16.9 Å². The number of anilines is 2. The lowest BCUT2D eigenvalue weighted by Crippen LogP contribution is -2.52. The molecule has 0 fully saturated rings. The summed E-state index contributed by atoms with van der Waals surface area (Å²) in [6, 6.07) is 11.4. The van der Waals surface area contributed by atoms with Crippen LogP contribution < -0.4 is 26.6 Å². The molecule has 3 atom stereocenters. The van der Waals surface area contributed by atoms with Gasteiger partial charge in [0.1, 0.15) is 18.1 Å². The topological polar surface area (TPSA) is 203 Å². The van der Waals surface area contributed by atoms with Crippen molar-refractivity contribution in [1.82, 2.24) is 16.0 Å². The summed E-state index contributed by atoms with van der Waals surface area (Å²) in [5.74, 6) is 0.916. The maximum atomic E-state index is 13.1. The van der Waals surface area contributed by atoms with E-state index in [1.165, 1.54) is 0 Å². The third kappa shape index (κ3) is 15.3. The summed E-state index contributed by atoms with van der Waals surface area (Å²) in [7, 11) is 0. The average Bonchev–Trinajstić information content (AvgIpc) is 2.97. The molecular weight excluding hydrogens is 618 g/mol. The Kier molecular flexibility index (Phi) is 15.1. The molecule has 0 saturated heterocycles. The molecule has 0 aliphatic carbocycles. The first-order valence-corrected chi connectivity index (χ1v) is 15.5. The highest BCUT2D eigenvalue weighted by Gasteiger charge is 2.27. The van der Waals surface area contributed by atoms with Gasteiger partial charge in [0.05, 0.1) is 6.42 Å². The minimum atomic E-state index is -1.42. The van der Waals surface area contributed by atoms with Crippen LogP contribution in [0.25, 0.3) is 0 Å². The molecule has 2 aromatic carbocycles. The SMILES string of the molecule is CC(C)CC(NC(=O)Cc1ccc(NC(=O)Nc2ccccc2)cc1)C(=O)NC(CC#CCC(NC(=O)CC(C)(C)C)C(=O)O)C(=O)O. The van der Waals surface area contributed by atoms with Crippen molar-refractivity contribution in [3.63, 3.8) is 0 Å². The van der Waals surface area contributed by atoms with Gasteiger partial charge >= 0.3 is 18.0 Å². The molecule has 0 saturated carbocycles. The average molecular weight is 664 g/mol. The van der Waals surface area contributed by atoms with Crippen molar-refractivity contribution in [2.45, 2.75) is 84.8 Å². The van der Waals surface area contributed by atoms with E-state index in [2.05, 4.69) is 38.4 Å². The molecule has 0 bridgehead atoms. The van der Waals surface area contributed by atoms with Crippen LogP contribution in [0.4, 0.5) is 16.2 Å². The van der Waals surface area contributed by atoms with Gasteiger partial charge in [0.2, 0.25) is 17.7 Å². The summed E-state index contributed by atoms with van der Waals surface area (Å²) in [6.45, 7) is 9.23. The van der Waals surface area contributed by atoms with Crippen LogP contribution in [0.15, 0.2) is 54.6 Å². The van der Waals surface area contributed by atoms with Gasteiger partial charge in [-0.05, 0) is 47.6 Å². The van der Waals surface area contributed by atoms with E-state index in [1.807, 2.05) is 40.7 Å². The van der Waals surface area contributed by atoms with Crippen LogP contribution in [-0.2, 0) is 30.4 Å². The lowest BCUT2D eigenvalue weighted by Gasteiger charge is -2.22. The number of amides is 5. The molecule has 2 aromatic rings. The minimum absolute atomic E-state index is 0.0158. The Morgan fingerprint density at radius 3 is 1.69 bits per heavy atom. The maximum Gasteiger partial charge on any atom is 0.327 e. The van der Waals surface area contributed by atoms with Gasteiger partial charge in [-0.15, -0.1) is 11.8 Å². The van der Waals surface area contributed by atoms with E-state index in [-0.39, 0.29) is 43.4 Å². The molecule has 7 N–H and O–H groups in total. The van der Waals surface area contributed by atoms with E-state index >= 15 is 0 Å². The lowest BCUT2D eigenvalue weighted by atomic mass is 9.92. The van der Waals surface area contributed by atoms with Crippen LogP contribution in [0.1, 0.15) is 65.9 Å². The van der Waals surface area contributed by atoms with E-state index in [9.17, 15) is 39.0 Å². The number of carbonyl (C=O) groups is 6. The van der Waals surface area contributed by atoms with E-state index < -0.39 is 53.8 Å². The number of carboxylic acid groups (broad SMARTS) is 2. The lowest BCUT2D eigenvalue weighted by molar-refractivity contribution is -0.142. The zero-order valence-electron chi connectivity index (χ0n) is 27.9. The standard InChI is InChI=1S/C35H45N5O8/c1-22(2)19-28(39-29(41)20-23-15-17-25(18-16-23)37-34(48)36-24-11-7-6-8-12-24)31(43)40-27(33(46)47)14-10-9-13-26(32(44)45)38-30(42)21-35(3,4)5/h6-8,11-12,15-18,22,26-28H,13-14,19-21H2,1-5H3,(H,38,42)(H,39,41)(H,40,43)(H,44,45)(H,46,47)(H2,36,37,48). The van der Waals surface area contributed by atoms with Crippen LogP contribution in [-0.4, -0.2) is 64.0 Å². The fraction of sp³-hybridized carbons (Fsp3) is 0.429. The predicted octanol–water partition coefficient (Wildman–Crippen LogP) is 3.76. The third-order valence-corrected chi connectivity index (χ3v) is 6.64. The molecule has 13 heteroatoms. The van der Waals surface area contributed by atoms with E-state index in [1.54, 1.807) is 48.5 Å². The Morgan fingerprint density at radius 1 is 0.688 bits per heavy atom. The van der Waals surface area contributed by atoms with Gasteiger partial charge in [-0.2, -0.15) is 0 Å². The van der Waals surface area contributed by atoms with Crippen LogP contribution in [0, 0.1) is 23.2 Å². The Morgan fingerprint density at radius 2 is 1.19 bits per heavy atom. The molecule has 0 aromatic heterocycles. The van der Waals surface area contributed by atoms with Gasteiger partial charge in [-0.3, -0.25) is 14.4 Å². The molecule has 5 amide bonds. The van der Waals surface area contributed by atoms with Crippen molar-refractivity contribution < 1.29 is 39.0 Å². The third-order valence-electron chi connectivity index (χ3n) is 6.64. The van der Waals surface area contributed by atoms with E-state index in [0.717, 1.165) is 0 Å². The normalized spacial score (nSPS) is 12.7. The molecule has 0 spiro atoms. The number of aliphatic carboxylic acids is 2. The number of carbonyl (C=O) groups excluding carboxylic acids is 4. The number of carboxylic acids is 2. The Bertz CT molecular complexity index is 1490. The second-order valence-electron chi connectivity index (χ2n) is 12.9. The summed E-state index contributed by atoms with van der Waals surface area (Å²) in [4.78, 5) is 73.9. The summed E-state index contributed by atoms with van der Waals surface area (Å²) in [6.07, 6.45) is -0.289. The summed E-state index contributed by atoms with van der Waals surface area (Å²) in [5, 5.41) is 32.0. The monoisotopic (exact) mass is 663 g/mol. The smallest absolute Gasteiger partial charge is 0.327 e. The molecule has 48 heavy (non-hydrogen) atoms. The largest absolute Gasteiger partial charge is 0.480 e. The molecule has 258 valence electrons. The maximum absolute atomic E-state index is 13.1. The first-order chi connectivity index (χ1) is 22.5. The van der Waals surface area contributed by atoms with Gasteiger partial charge < -0.3 is 36.8 Å². The van der Waals surface area contributed by atoms with Crippen molar-refractivity contribution in [2.75, 3.05) is 10.6 Å². The summed E-state index contributed by atoms with van der Waals surface area (Å²) >= 11 is 0. The Balaban J connectivity index is 1.96. The molecule has 2 rings (SSSR count). The first kappa shape index (κ1) is 38.8. The summed E-state index contributed by atoms with van der Waals surface area (Å²) in [5.41, 5.74) is 1.42. The van der Waals surface area contributed by atoms with Gasteiger partial charge in [-0.1, -0.05) is 65.0 Å². The second-order valence-corrected chi connectivity index (χ2v) is 12.9. The highest BCUT2D eigenvalue weighted by Crippen LogP contribution is 2.18. The van der Waals surface area contributed by atoms with Gasteiger partial charge in [-0.25, -0.2) is 14.4 Å². The van der Waals surface area contributed by atoms with Crippen molar-refractivity contribution in [2.24, 2.45) is 11.3 Å². The number of nitrogens with one attached hydrogen (secondary N) is 5. The molecule has 0 aliphatic rings. The van der Waals surface area contributed by atoms with Crippen molar-refractivity contribution in [3.8, 4) is 11.8 Å². The minimum Gasteiger partial charge on any atom is -0.480 e. The second kappa shape index (κ2) is 18.7.